The van der Waals surface area contributed by atoms with Gasteiger partial charge in [0.15, 0.2) is 0 Å². The summed E-state index contributed by atoms with van der Waals surface area (Å²) in [7, 11) is 1.35. The fourth-order valence-corrected chi connectivity index (χ4v) is 5.02. The van der Waals surface area contributed by atoms with E-state index in [4.69, 9.17) is 27.9 Å². The van der Waals surface area contributed by atoms with Crippen molar-refractivity contribution >= 4 is 35.1 Å². The number of halogens is 2. The van der Waals surface area contributed by atoms with Crippen LogP contribution < -0.4 is 0 Å². The Balaban J connectivity index is 2.21. The molecule has 2 aromatic rings. The molecule has 1 amide bonds. The first-order chi connectivity index (χ1) is 15.2. The highest BCUT2D eigenvalue weighted by atomic mass is 35.5. The molecule has 0 aliphatic carbocycles. The number of carbonyl (C=O) groups excluding carboxylic acids is 2. The molecule has 1 aliphatic rings. The minimum absolute atomic E-state index is 0.0184. The van der Waals surface area contributed by atoms with Gasteiger partial charge in [0.2, 0.25) is 5.91 Å². The van der Waals surface area contributed by atoms with Gasteiger partial charge in [0, 0.05) is 29.1 Å². The maximum absolute atomic E-state index is 14.0. The molecular weight excluding hydrogens is 447 g/mol. The second-order valence-corrected chi connectivity index (χ2v) is 9.34. The molecule has 1 fully saturated rings. The van der Waals surface area contributed by atoms with E-state index in [2.05, 4.69) is 0 Å². The van der Waals surface area contributed by atoms with Crippen molar-refractivity contribution < 1.29 is 14.3 Å². The average Bonchev–Trinajstić information content (AvgIpc) is 2.78. The summed E-state index contributed by atoms with van der Waals surface area (Å²) < 4.78 is 4.94. The molecule has 1 heterocycles. The number of piperidine rings is 1. The van der Waals surface area contributed by atoms with Gasteiger partial charge in [-0.05, 0) is 41.8 Å². The van der Waals surface area contributed by atoms with Gasteiger partial charge in [0.1, 0.15) is 0 Å². The van der Waals surface area contributed by atoms with Crippen LogP contribution in [-0.4, -0.2) is 42.1 Å². The Morgan fingerprint density at radius 3 is 2.31 bits per heavy atom. The zero-order valence-electron chi connectivity index (χ0n) is 19.0. The first-order valence-corrected chi connectivity index (χ1v) is 11.7. The second kappa shape index (κ2) is 10.2. The molecule has 0 radical (unpaired) electrons. The number of benzene rings is 2. The van der Waals surface area contributed by atoms with E-state index in [-0.39, 0.29) is 24.3 Å². The highest BCUT2D eigenvalue weighted by molar-refractivity contribution is 6.30. The smallest absolute Gasteiger partial charge is 0.306 e. The van der Waals surface area contributed by atoms with Crippen LogP contribution in [0.15, 0.2) is 48.5 Å². The zero-order chi connectivity index (χ0) is 23.5. The fourth-order valence-electron chi connectivity index (χ4n) is 4.70. The zero-order valence-corrected chi connectivity index (χ0v) is 20.5. The van der Waals surface area contributed by atoms with E-state index >= 15 is 0 Å². The quantitative estimate of drug-likeness (QED) is 0.468. The SMILES string of the molecule is CCN(CC)N1C(=O)C(C)(CC(=O)OC)CC(c2cccc(Cl)c2)C1c1ccc(Cl)cc1. The molecule has 0 N–H and O–H groups in total. The lowest BCUT2D eigenvalue weighted by Crippen LogP contribution is -2.59. The number of methoxy groups -OCH3 is 1. The van der Waals surface area contributed by atoms with Crippen molar-refractivity contribution in [3.63, 3.8) is 0 Å². The lowest BCUT2D eigenvalue weighted by Gasteiger charge is -2.52. The summed E-state index contributed by atoms with van der Waals surface area (Å²) in [6, 6.07) is 15.1. The molecule has 32 heavy (non-hydrogen) atoms. The molecule has 5 nitrogen and oxygen atoms in total. The summed E-state index contributed by atoms with van der Waals surface area (Å²) in [5.74, 6) is -0.553. The number of hydrogen-bond acceptors (Lipinski definition) is 4. The molecule has 7 heteroatoms. The predicted molar refractivity (Wildman–Crippen MR) is 128 cm³/mol. The Kier molecular flexibility index (Phi) is 7.86. The summed E-state index contributed by atoms with van der Waals surface area (Å²) in [4.78, 5) is 26.3. The minimum atomic E-state index is -0.911. The maximum atomic E-state index is 14.0. The fraction of sp³-hybridized carbons (Fsp3) is 0.440. The van der Waals surface area contributed by atoms with E-state index < -0.39 is 11.4 Å². The van der Waals surface area contributed by atoms with Crippen molar-refractivity contribution in [2.75, 3.05) is 20.2 Å². The van der Waals surface area contributed by atoms with Crippen molar-refractivity contribution in [3.05, 3.63) is 69.7 Å². The van der Waals surface area contributed by atoms with Crippen LogP contribution in [0.2, 0.25) is 10.0 Å². The first kappa shape index (κ1) is 24.6. The summed E-state index contributed by atoms with van der Waals surface area (Å²) in [6.07, 6.45) is 0.511. The highest BCUT2D eigenvalue weighted by Crippen LogP contribution is 2.51. The van der Waals surface area contributed by atoms with Crippen LogP contribution in [0.25, 0.3) is 0 Å². The van der Waals surface area contributed by atoms with Gasteiger partial charge in [0.05, 0.1) is 25.0 Å². The van der Waals surface area contributed by atoms with Gasteiger partial charge >= 0.3 is 5.97 Å². The summed E-state index contributed by atoms with van der Waals surface area (Å²) in [5, 5.41) is 5.16. The third-order valence-electron chi connectivity index (χ3n) is 6.32. The standard InChI is InChI=1S/C25H30Cl2N2O3/c1-5-28(6-2)29-23(17-10-12-19(26)13-11-17)21(18-8-7-9-20(27)14-18)15-25(3,24(29)31)16-22(30)32-4/h7-14,21,23H,5-6,15-16H2,1-4H3. The number of nitrogens with zero attached hydrogens (tertiary/aromatic N) is 2. The van der Waals surface area contributed by atoms with Gasteiger partial charge < -0.3 is 4.74 Å². The molecule has 172 valence electrons. The van der Waals surface area contributed by atoms with Gasteiger partial charge in [-0.15, -0.1) is 0 Å². The van der Waals surface area contributed by atoms with Crippen molar-refractivity contribution in [2.45, 2.75) is 45.6 Å². The molecule has 0 bridgehead atoms. The van der Waals surface area contributed by atoms with E-state index in [0.717, 1.165) is 11.1 Å². The molecule has 2 aromatic carbocycles. The number of hydrazine groups is 1. The third-order valence-corrected chi connectivity index (χ3v) is 6.81. The van der Waals surface area contributed by atoms with Crippen molar-refractivity contribution in [1.82, 2.24) is 10.0 Å². The molecule has 0 saturated carbocycles. The Morgan fingerprint density at radius 1 is 1.09 bits per heavy atom. The summed E-state index contributed by atoms with van der Waals surface area (Å²) in [5.41, 5.74) is 1.10. The Hall–Kier alpha value is -2.08. The normalized spacial score (nSPS) is 23.5. The van der Waals surface area contributed by atoms with Crippen LogP contribution in [0.5, 0.6) is 0 Å². The van der Waals surface area contributed by atoms with Crippen LogP contribution in [-0.2, 0) is 14.3 Å². The largest absolute Gasteiger partial charge is 0.469 e. The van der Waals surface area contributed by atoms with E-state index in [1.165, 1.54) is 7.11 Å². The summed E-state index contributed by atoms with van der Waals surface area (Å²) in [6.45, 7) is 7.22. The maximum Gasteiger partial charge on any atom is 0.306 e. The number of rotatable bonds is 7. The van der Waals surface area contributed by atoms with Gasteiger partial charge in [-0.25, -0.2) is 5.01 Å². The molecule has 1 aliphatic heterocycles. The number of carbonyl (C=O) groups is 2. The lowest BCUT2D eigenvalue weighted by atomic mass is 9.68. The minimum Gasteiger partial charge on any atom is -0.469 e. The van der Waals surface area contributed by atoms with E-state index in [1.54, 1.807) is 0 Å². The molecule has 3 atom stereocenters. The van der Waals surface area contributed by atoms with E-state index in [0.29, 0.717) is 29.6 Å². The van der Waals surface area contributed by atoms with Gasteiger partial charge in [-0.3, -0.25) is 14.6 Å². The Bertz CT molecular complexity index is 962. The van der Waals surface area contributed by atoms with Gasteiger partial charge in [-0.2, -0.15) is 0 Å². The average molecular weight is 477 g/mol. The van der Waals surface area contributed by atoms with Crippen LogP contribution in [0.3, 0.4) is 0 Å². The number of amides is 1. The highest BCUT2D eigenvalue weighted by Gasteiger charge is 2.52. The van der Waals surface area contributed by atoms with E-state index in [9.17, 15) is 9.59 Å². The molecule has 0 aromatic heterocycles. The Morgan fingerprint density at radius 2 is 1.75 bits per heavy atom. The van der Waals surface area contributed by atoms with Crippen molar-refractivity contribution in [2.24, 2.45) is 5.41 Å². The van der Waals surface area contributed by atoms with Gasteiger partial charge in [-0.1, -0.05) is 68.2 Å². The number of esters is 1. The van der Waals surface area contributed by atoms with Crippen LogP contribution in [0.1, 0.15) is 56.7 Å². The lowest BCUT2D eigenvalue weighted by molar-refractivity contribution is -0.181. The van der Waals surface area contributed by atoms with Crippen LogP contribution >= 0.6 is 23.2 Å². The third kappa shape index (κ3) is 4.95. The topological polar surface area (TPSA) is 49.9 Å². The Labute approximate surface area is 200 Å². The molecule has 0 spiro atoms. The van der Waals surface area contributed by atoms with Crippen LogP contribution in [0, 0.1) is 5.41 Å². The summed E-state index contributed by atoms with van der Waals surface area (Å²) >= 11 is 12.5. The molecule has 1 saturated heterocycles. The number of ether oxygens (including phenoxy) is 1. The first-order valence-electron chi connectivity index (χ1n) is 10.9. The van der Waals surface area contributed by atoms with Gasteiger partial charge in [0.25, 0.3) is 0 Å². The molecular formula is C25H30Cl2N2O3. The monoisotopic (exact) mass is 476 g/mol. The van der Waals surface area contributed by atoms with Crippen molar-refractivity contribution in [3.8, 4) is 0 Å². The van der Waals surface area contributed by atoms with Crippen molar-refractivity contribution in [1.29, 1.82) is 0 Å². The molecule has 3 unspecified atom stereocenters. The predicted octanol–water partition coefficient (Wildman–Crippen LogP) is 5.88. The number of hydrogen-bond donors (Lipinski definition) is 0. The van der Waals surface area contributed by atoms with Crippen LogP contribution in [0.4, 0.5) is 0 Å². The molecule has 3 rings (SSSR count). The second-order valence-electron chi connectivity index (χ2n) is 8.46. The van der Waals surface area contributed by atoms with E-state index in [1.807, 2.05) is 79.3 Å².